The fourth-order valence-corrected chi connectivity index (χ4v) is 8.12. The van der Waals surface area contributed by atoms with E-state index in [1.807, 2.05) is 52.0 Å². The number of fused-ring (bicyclic) bond motifs is 2. The average Bonchev–Trinajstić information content (AvgIpc) is 4.06. The van der Waals surface area contributed by atoms with E-state index in [2.05, 4.69) is 57.0 Å². The van der Waals surface area contributed by atoms with Gasteiger partial charge in [0.25, 0.3) is 11.8 Å². The number of aromatic nitrogens is 4. The van der Waals surface area contributed by atoms with Crippen LogP contribution < -0.4 is 14.8 Å². The van der Waals surface area contributed by atoms with Crippen molar-refractivity contribution in [1.29, 1.82) is 10.5 Å². The highest BCUT2D eigenvalue weighted by Gasteiger charge is 2.38. The molecule has 1 N–H and O–H groups in total. The van der Waals surface area contributed by atoms with Crippen molar-refractivity contribution in [2.45, 2.75) is 90.1 Å². The van der Waals surface area contributed by atoms with Crippen LogP contribution in [0.25, 0.3) is 34.3 Å². The Kier molecular flexibility index (Phi) is 11.0. The first-order valence-corrected chi connectivity index (χ1v) is 19.7. The molecule has 57 heavy (non-hydrogen) atoms. The lowest BCUT2D eigenvalue weighted by Gasteiger charge is -2.26. The largest absolute Gasteiger partial charge is 0.490 e. The monoisotopic (exact) mass is 763 g/mol. The third-order valence-corrected chi connectivity index (χ3v) is 10.8. The van der Waals surface area contributed by atoms with Gasteiger partial charge in [0.15, 0.2) is 5.82 Å². The number of rotatable bonds is 14. The summed E-state index contributed by atoms with van der Waals surface area (Å²) in [6.07, 6.45) is 11.2. The molecule has 290 valence electrons. The summed E-state index contributed by atoms with van der Waals surface area (Å²) in [5.74, 6) is 3.19. The number of ether oxygens (including phenoxy) is 3. The van der Waals surface area contributed by atoms with Crippen molar-refractivity contribution in [3.8, 4) is 57.9 Å². The van der Waals surface area contributed by atoms with E-state index >= 15 is 0 Å². The molecule has 5 atom stereocenters. The van der Waals surface area contributed by atoms with E-state index in [4.69, 9.17) is 28.2 Å². The number of benzene rings is 3. The van der Waals surface area contributed by atoms with Crippen molar-refractivity contribution in [1.82, 2.24) is 25.6 Å². The maximum absolute atomic E-state index is 9.97. The minimum Gasteiger partial charge on any atom is -0.490 e. The second-order valence-electron chi connectivity index (χ2n) is 15.3. The van der Waals surface area contributed by atoms with Crippen LogP contribution in [0.3, 0.4) is 0 Å². The maximum atomic E-state index is 9.97. The molecule has 4 unspecified atom stereocenters. The van der Waals surface area contributed by atoms with Gasteiger partial charge in [-0.2, -0.15) is 20.5 Å². The number of nitrogens with one attached hydrogen (secondary N) is 1. The minimum absolute atomic E-state index is 0.00772. The van der Waals surface area contributed by atoms with Gasteiger partial charge >= 0.3 is 0 Å². The first-order valence-electron chi connectivity index (χ1n) is 19.7. The van der Waals surface area contributed by atoms with Crippen LogP contribution in [0.2, 0.25) is 0 Å². The molecule has 0 amide bonds. The second kappa shape index (κ2) is 16.6. The molecule has 0 aliphatic heterocycles. The van der Waals surface area contributed by atoms with Gasteiger partial charge in [-0.15, -0.1) is 0 Å². The highest BCUT2D eigenvalue weighted by atomic mass is 16.5. The lowest BCUT2D eigenvalue weighted by atomic mass is 9.83. The van der Waals surface area contributed by atoms with Crippen LogP contribution in [0.5, 0.6) is 11.5 Å². The van der Waals surface area contributed by atoms with Crippen molar-refractivity contribution in [2.75, 3.05) is 13.2 Å². The summed E-state index contributed by atoms with van der Waals surface area (Å²) in [6.45, 7) is 8.84. The van der Waals surface area contributed by atoms with E-state index < -0.39 is 0 Å². The molecule has 12 heteroatoms. The molecule has 1 saturated carbocycles. The van der Waals surface area contributed by atoms with Crippen LogP contribution in [0.4, 0.5) is 0 Å². The van der Waals surface area contributed by atoms with Crippen molar-refractivity contribution in [2.24, 2.45) is 5.92 Å². The van der Waals surface area contributed by atoms with E-state index in [1.165, 1.54) is 16.7 Å². The lowest BCUT2D eigenvalue weighted by molar-refractivity contribution is 0.0142. The first kappa shape index (κ1) is 37.8. The fraction of sp³-hybridized carbons (Fsp3) is 0.378. The third kappa shape index (κ3) is 8.11. The predicted octanol–water partition coefficient (Wildman–Crippen LogP) is 8.29. The maximum Gasteiger partial charge on any atom is 0.258 e. The van der Waals surface area contributed by atoms with Gasteiger partial charge in [0.05, 0.1) is 29.9 Å². The van der Waals surface area contributed by atoms with Crippen LogP contribution in [0.1, 0.15) is 81.0 Å². The molecule has 2 aromatic heterocycles. The number of hydrogen-bond donors (Lipinski definition) is 1. The fourth-order valence-electron chi connectivity index (χ4n) is 8.12. The Morgan fingerprint density at radius 1 is 0.842 bits per heavy atom. The molecule has 1 fully saturated rings. The molecule has 3 aliphatic carbocycles. The molecule has 8 rings (SSSR count). The average molecular weight is 764 g/mol. The van der Waals surface area contributed by atoms with E-state index in [1.54, 1.807) is 24.3 Å². The van der Waals surface area contributed by atoms with E-state index in [-0.39, 0.29) is 36.2 Å². The smallest absolute Gasteiger partial charge is 0.258 e. The lowest BCUT2D eigenvalue weighted by Crippen LogP contribution is -2.37. The summed E-state index contributed by atoms with van der Waals surface area (Å²) in [7, 11) is 0. The van der Waals surface area contributed by atoms with Gasteiger partial charge in [-0.3, -0.25) is 0 Å². The summed E-state index contributed by atoms with van der Waals surface area (Å²) >= 11 is 0. The SMILES string of the molecule is CC(C)Oc1ccc(-c2nc(C3C=CC=C4C(NC[C@H](C)OCC(C)Oc5ccc(-c6nc(-c7cccc8c7CCC8)no6)cc5C#N)CCC43)no2)cc1C#N. The van der Waals surface area contributed by atoms with E-state index in [0.717, 1.165) is 37.7 Å². The zero-order valence-corrected chi connectivity index (χ0v) is 32.6. The molecule has 3 aliphatic rings. The first-order chi connectivity index (χ1) is 27.8. The van der Waals surface area contributed by atoms with Crippen LogP contribution in [0.15, 0.2) is 87.4 Å². The normalized spacial score (nSPS) is 19.4. The molecular formula is C45H45N7O5. The molecule has 12 nitrogen and oxygen atoms in total. The zero-order valence-electron chi connectivity index (χ0n) is 32.6. The van der Waals surface area contributed by atoms with Crippen LogP contribution >= 0.6 is 0 Å². The molecular weight excluding hydrogens is 719 g/mol. The molecule has 0 radical (unpaired) electrons. The standard InChI is InChI=1S/C45H45N7O5/c1-26(2)54-40-18-14-30(20-32(40)22-46)45-50-43(52-57-45)38-13-7-11-36-35(38)16-17-39(36)48-24-27(3)53-25-28(4)55-41-19-15-31(21-33(41)23-47)44-49-42(51-56-44)37-12-6-9-29-8-5-10-34(29)37/h6-7,9,11-15,18-21,26-28,35,38-39,48H,5,8,10,16-17,24-25H2,1-4H3/t27-,28?,35?,38?,39?/m0/s1. The van der Waals surface area contributed by atoms with Gasteiger partial charge in [-0.1, -0.05) is 46.7 Å². The van der Waals surface area contributed by atoms with Gasteiger partial charge in [0.2, 0.25) is 5.82 Å². The summed E-state index contributed by atoms with van der Waals surface area (Å²) in [5, 5.41) is 32.0. The van der Waals surface area contributed by atoms with Crippen LogP contribution in [0, 0.1) is 28.6 Å². The third-order valence-electron chi connectivity index (χ3n) is 10.8. The number of nitriles is 2. The molecule has 3 aromatic carbocycles. The minimum atomic E-state index is -0.291. The highest BCUT2D eigenvalue weighted by molar-refractivity contribution is 5.67. The summed E-state index contributed by atoms with van der Waals surface area (Å²) in [4.78, 5) is 9.44. The van der Waals surface area contributed by atoms with E-state index in [9.17, 15) is 10.5 Å². The van der Waals surface area contributed by atoms with Gasteiger partial charge in [-0.25, -0.2) is 0 Å². The predicted molar refractivity (Wildman–Crippen MR) is 212 cm³/mol. The van der Waals surface area contributed by atoms with Gasteiger partial charge < -0.3 is 28.6 Å². The number of nitrogens with zero attached hydrogens (tertiary/aromatic N) is 6. The van der Waals surface area contributed by atoms with Crippen LogP contribution in [-0.4, -0.2) is 57.8 Å². The second-order valence-corrected chi connectivity index (χ2v) is 15.3. The van der Waals surface area contributed by atoms with Crippen molar-refractivity contribution >= 4 is 0 Å². The van der Waals surface area contributed by atoms with Crippen molar-refractivity contribution in [3.05, 3.63) is 106 Å². The molecule has 0 bridgehead atoms. The molecule has 0 saturated heterocycles. The highest BCUT2D eigenvalue weighted by Crippen LogP contribution is 2.44. The topological polar surface area (TPSA) is 165 Å². The number of aryl methyl sites for hydroxylation is 1. The Bertz CT molecular complexity index is 2400. The number of allylic oxidation sites excluding steroid dienone is 3. The van der Waals surface area contributed by atoms with E-state index in [0.29, 0.717) is 70.3 Å². The summed E-state index contributed by atoms with van der Waals surface area (Å²) in [6, 6.07) is 21.6. The Morgan fingerprint density at radius 2 is 1.58 bits per heavy atom. The van der Waals surface area contributed by atoms with Crippen molar-refractivity contribution in [3.63, 3.8) is 0 Å². The van der Waals surface area contributed by atoms with Crippen LogP contribution in [-0.2, 0) is 17.6 Å². The summed E-state index contributed by atoms with van der Waals surface area (Å²) in [5.41, 5.74) is 7.12. The Labute approximate surface area is 332 Å². The van der Waals surface area contributed by atoms with Gasteiger partial charge in [0.1, 0.15) is 29.7 Å². The number of hydrogen-bond acceptors (Lipinski definition) is 12. The quantitative estimate of drug-likeness (QED) is 0.115. The summed E-state index contributed by atoms with van der Waals surface area (Å²) < 4.78 is 29.5. The van der Waals surface area contributed by atoms with Gasteiger partial charge in [-0.05, 0) is 119 Å². The zero-order chi connectivity index (χ0) is 39.5. The molecule has 2 heterocycles. The van der Waals surface area contributed by atoms with Crippen molar-refractivity contribution < 1.29 is 23.3 Å². The molecule has 0 spiro atoms. The Morgan fingerprint density at radius 3 is 2.33 bits per heavy atom. The molecule has 5 aromatic rings. The van der Waals surface area contributed by atoms with Gasteiger partial charge in [0, 0.05) is 35.2 Å². The Balaban J connectivity index is 0.825. The Hall–Kier alpha value is -6.08.